The Kier molecular flexibility index (Phi) is 3.62. The first-order valence-corrected chi connectivity index (χ1v) is 7.44. The lowest BCUT2D eigenvalue weighted by Gasteiger charge is -2.18. The Morgan fingerprint density at radius 3 is 1.53 bits per heavy atom. The number of aromatic nitrogens is 2. The minimum Gasteiger partial charge on any atom is -0.244 e. The van der Waals surface area contributed by atoms with Crippen LogP contribution in [0.5, 0.6) is 0 Å². The Hall–Kier alpha value is -2.05. The number of hydrogen-bond donors (Lipinski definition) is 0. The highest BCUT2D eigenvalue weighted by atomic mass is 31.1. The Morgan fingerprint density at radius 2 is 1.05 bits per heavy atom. The summed E-state index contributed by atoms with van der Waals surface area (Å²) in [6.45, 7) is 0. The summed E-state index contributed by atoms with van der Waals surface area (Å²) >= 11 is 0. The molecule has 0 fully saturated rings. The third kappa shape index (κ3) is 2.69. The van der Waals surface area contributed by atoms with Crippen LogP contribution < -0.4 is 15.9 Å². The summed E-state index contributed by atoms with van der Waals surface area (Å²) in [6.07, 6.45) is 5.41. The van der Waals surface area contributed by atoms with E-state index in [2.05, 4.69) is 58.5 Å². The quantitative estimate of drug-likeness (QED) is 0.678. The van der Waals surface area contributed by atoms with E-state index in [1.165, 1.54) is 15.9 Å². The monoisotopic (exact) mass is 264 g/mol. The molecule has 0 aliphatic heterocycles. The molecule has 3 rings (SSSR count). The lowest BCUT2D eigenvalue weighted by Crippen LogP contribution is -2.21. The minimum atomic E-state index is -0.571. The van der Waals surface area contributed by atoms with Gasteiger partial charge in [-0.3, -0.25) is 0 Å². The van der Waals surface area contributed by atoms with Crippen LogP contribution in [-0.2, 0) is 0 Å². The molecule has 2 nitrogen and oxygen atoms in total. The summed E-state index contributed by atoms with van der Waals surface area (Å²) in [5.74, 6) is 0. The highest BCUT2D eigenvalue weighted by Crippen LogP contribution is 2.31. The average molecular weight is 264 g/mol. The van der Waals surface area contributed by atoms with Gasteiger partial charge in [-0.1, -0.05) is 60.7 Å². The van der Waals surface area contributed by atoms with Crippen LogP contribution in [-0.4, -0.2) is 9.97 Å². The molecule has 0 unspecified atom stereocenters. The van der Waals surface area contributed by atoms with E-state index in [1.54, 1.807) is 6.33 Å². The van der Waals surface area contributed by atoms with Crippen molar-refractivity contribution in [1.29, 1.82) is 0 Å². The molecule has 1 heterocycles. The van der Waals surface area contributed by atoms with Crippen molar-refractivity contribution >= 4 is 23.8 Å². The maximum Gasteiger partial charge on any atom is 0.115 e. The van der Waals surface area contributed by atoms with E-state index in [0.717, 1.165) is 0 Å². The van der Waals surface area contributed by atoms with Gasteiger partial charge in [0.25, 0.3) is 0 Å². The van der Waals surface area contributed by atoms with E-state index in [9.17, 15) is 0 Å². The third-order valence-electron chi connectivity index (χ3n) is 2.83. The topological polar surface area (TPSA) is 25.8 Å². The fourth-order valence-electron chi connectivity index (χ4n) is 2.01. The van der Waals surface area contributed by atoms with Gasteiger partial charge in [-0.05, 0) is 18.5 Å². The van der Waals surface area contributed by atoms with Crippen LogP contribution in [0.3, 0.4) is 0 Å². The highest BCUT2D eigenvalue weighted by Gasteiger charge is 2.15. The summed E-state index contributed by atoms with van der Waals surface area (Å²) in [6, 6.07) is 21.1. The molecule has 0 atom stereocenters. The molecular weight excluding hydrogens is 251 g/mol. The van der Waals surface area contributed by atoms with Crippen molar-refractivity contribution in [1.82, 2.24) is 9.97 Å². The summed E-state index contributed by atoms with van der Waals surface area (Å²) < 4.78 is 0. The molecule has 19 heavy (non-hydrogen) atoms. The van der Waals surface area contributed by atoms with Crippen LogP contribution in [0.15, 0.2) is 79.4 Å². The summed E-state index contributed by atoms with van der Waals surface area (Å²) in [4.78, 5) is 8.32. The van der Waals surface area contributed by atoms with Gasteiger partial charge in [0.1, 0.15) is 6.33 Å². The van der Waals surface area contributed by atoms with Gasteiger partial charge in [0, 0.05) is 17.7 Å². The molecule has 0 aliphatic rings. The van der Waals surface area contributed by atoms with Gasteiger partial charge in [0.05, 0.1) is 0 Å². The molecule has 0 saturated carbocycles. The van der Waals surface area contributed by atoms with E-state index >= 15 is 0 Å². The van der Waals surface area contributed by atoms with Crippen LogP contribution >= 0.6 is 7.92 Å². The lowest BCUT2D eigenvalue weighted by molar-refractivity contribution is 1.19. The van der Waals surface area contributed by atoms with Crippen LogP contribution in [0.4, 0.5) is 0 Å². The number of rotatable bonds is 3. The molecule has 92 valence electrons. The van der Waals surface area contributed by atoms with Crippen LogP contribution in [0.1, 0.15) is 0 Å². The van der Waals surface area contributed by atoms with E-state index in [-0.39, 0.29) is 0 Å². The minimum absolute atomic E-state index is 0.571. The first-order chi connectivity index (χ1) is 9.45. The molecule has 3 heteroatoms. The molecule has 3 aromatic rings. The molecule has 0 saturated heterocycles. The zero-order valence-corrected chi connectivity index (χ0v) is 11.2. The van der Waals surface area contributed by atoms with Gasteiger partial charge in [0.15, 0.2) is 0 Å². The van der Waals surface area contributed by atoms with E-state index in [4.69, 9.17) is 0 Å². The Bertz CT molecular complexity index is 533. The fourth-order valence-corrected chi connectivity index (χ4v) is 4.21. The fraction of sp³-hybridized carbons (Fsp3) is 0. The number of benzene rings is 2. The summed E-state index contributed by atoms with van der Waals surface area (Å²) in [5, 5.41) is 3.81. The van der Waals surface area contributed by atoms with Gasteiger partial charge in [-0.25, -0.2) is 9.97 Å². The largest absolute Gasteiger partial charge is 0.244 e. The predicted octanol–water partition coefficient (Wildman–Crippen LogP) is 2.23. The molecule has 0 aliphatic carbocycles. The van der Waals surface area contributed by atoms with Gasteiger partial charge in [-0.15, -0.1) is 0 Å². The highest BCUT2D eigenvalue weighted by molar-refractivity contribution is 7.79. The van der Waals surface area contributed by atoms with Gasteiger partial charge >= 0.3 is 0 Å². The Morgan fingerprint density at radius 1 is 0.579 bits per heavy atom. The Balaban J connectivity index is 2.12. The maximum atomic E-state index is 4.16. The van der Waals surface area contributed by atoms with Crippen molar-refractivity contribution in [3.8, 4) is 0 Å². The number of hydrogen-bond acceptors (Lipinski definition) is 2. The smallest absolute Gasteiger partial charge is 0.115 e. The second-order valence-electron chi connectivity index (χ2n) is 4.10. The van der Waals surface area contributed by atoms with Crippen molar-refractivity contribution < 1.29 is 0 Å². The normalized spacial score (nSPS) is 10.6. The summed E-state index contributed by atoms with van der Waals surface area (Å²) in [7, 11) is -0.571. The molecule has 0 spiro atoms. The molecule has 0 amide bonds. The molecule has 0 N–H and O–H groups in total. The van der Waals surface area contributed by atoms with Crippen molar-refractivity contribution in [2.24, 2.45) is 0 Å². The molecule has 2 aromatic carbocycles. The van der Waals surface area contributed by atoms with Crippen molar-refractivity contribution in [2.45, 2.75) is 0 Å². The first kappa shape index (κ1) is 12.0. The zero-order valence-electron chi connectivity index (χ0n) is 10.3. The maximum absolute atomic E-state index is 4.16. The summed E-state index contributed by atoms with van der Waals surface area (Å²) in [5.41, 5.74) is 0. The standard InChI is InChI=1S/C16H13N2P/c1-3-7-14(8-4-1)19(15-9-5-2-6-10-15)16-11-17-13-18-12-16/h1-13H. The SMILES string of the molecule is c1ccc(P(c2ccccc2)c2cncnc2)cc1. The van der Waals surface area contributed by atoms with Crippen molar-refractivity contribution in [3.63, 3.8) is 0 Å². The second-order valence-corrected chi connectivity index (χ2v) is 6.32. The third-order valence-corrected chi connectivity index (χ3v) is 5.21. The lowest BCUT2D eigenvalue weighted by atomic mass is 10.4. The van der Waals surface area contributed by atoms with E-state index in [0.29, 0.717) is 0 Å². The van der Waals surface area contributed by atoms with Crippen molar-refractivity contribution in [2.75, 3.05) is 0 Å². The molecule has 1 aromatic heterocycles. The van der Waals surface area contributed by atoms with Crippen molar-refractivity contribution in [3.05, 3.63) is 79.4 Å². The van der Waals surface area contributed by atoms with Crippen LogP contribution in [0.25, 0.3) is 0 Å². The second kappa shape index (κ2) is 5.73. The van der Waals surface area contributed by atoms with Crippen LogP contribution in [0, 0.1) is 0 Å². The molecular formula is C16H13N2P. The zero-order chi connectivity index (χ0) is 12.9. The predicted molar refractivity (Wildman–Crippen MR) is 80.7 cm³/mol. The first-order valence-electron chi connectivity index (χ1n) is 6.10. The Labute approximate surface area is 113 Å². The van der Waals surface area contributed by atoms with Crippen LogP contribution in [0.2, 0.25) is 0 Å². The van der Waals surface area contributed by atoms with E-state index < -0.39 is 7.92 Å². The van der Waals surface area contributed by atoms with Gasteiger partial charge in [-0.2, -0.15) is 0 Å². The average Bonchev–Trinajstić information content (AvgIpc) is 2.51. The molecule has 0 radical (unpaired) electrons. The van der Waals surface area contributed by atoms with Gasteiger partial charge < -0.3 is 0 Å². The van der Waals surface area contributed by atoms with Gasteiger partial charge in [0.2, 0.25) is 0 Å². The van der Waals surface area contributed by atoms with E-state index in [1.807, 2.05) is 24.5 Å². The molecule has 0 bridgehead atoms. The number of nitrogens with zero attached hydrogens (tertiary/aromatic N) is 2.